The lowest BCUT2D eigenvalue weighted by Crippen LogP contribution is -2.43. The third-order valence-corrected chi connectivity index (χ3v) is 4.27. The van der Waals surface area contributed by atoms with Gasteiger partial charge in [-0.15, -0.1) is 24.0 Å². The molecular formula is C15H26F3IN4S. The minimum atomic E-state index is -4.16. The highest BCUT2D eigenvalue weighted by molar-refractivity contribution is 14.0. The smallest absolute Gasteiger partial charge is 0.356 e. The second kappa shape index (κ2) is 11.9. The van der Waals surface area contributed by atoms with Crippen LogP contribution >= 0.6 is 35.3 Å². The van der Waals surface area contributed by atoms with Crippen molar-refractivity contribution in [3.63, 3.8) is 0 Å². The Kier molecular flexibility index (Phi) is 11.6. The van der Waals surface area contributed by atoms with Crippen LogP contribution in [0.4, 0.5) is 13.2 Å². The Morgan fingerprint density at radius 3 is 2.42 bits per heavy atom. The SMILES string of the molecule is CCN(CC)C(CNC(=NC)NCCC(F)(F)F)c1ccsc1.I. The number of hydrogen-bond acceptors (Lipinski definition) is 3. The molecule has 0 amide bonds. The van der Waals surface area contributed by atoms with Crippen molar-refractivity contribution in [2.24, 2.45) is 4.99 Å². The van der Waals surface area contributed by atoms with E-state index < -0.39 is 12.6 Å². The Morgan fingerprint density at radius 1 is 1.29 bits per heavy atom. The van der Waals surface area contributed by atoms with Crippen LogP contribution in [-0.2, 0) is 0 Å². The Hall–Kier alpha value is -0.550. The van der Waals surface area contributed by atoms with E-state index in [1.54, 1.807) is 18.4 Å². The van der Waals surface area contributed by atoms with E-state index in [9.17, 15) is 13.2 Å². The monoisotopic (exact) mass is 478 g/mol. The fraction of sp³-hybridized carbons (Fsp3) is 0.667. The van der Waals surface area contributed by atoms with Crippen LogP contribution in [0.25, 0.3) is 0 Å². The highest BCUT2D eigenvalue weighted by Crippen LogP contribution is 2.22. The predicted octanol–water partition coefficient (Wildman–Crippen LogP) is 3.87. The van der Waals surface area contributed by atoms with E-state index in [-0.39, 0.29) is 36.6 Å². The molecule has 24 heavy (non-hydrogen) atoms. The van der Waals surface area contributed by atoms with Crippen molar-refractivity contribution in [2.75, 3.05) is 33.2 Å². The molecule has 140 valence electrons. The Labute approximate surface area is 162 Å². The summed E-state index contributed by atoms with van der Waals surface area (Å²) in [5, 5.41) is 9.96. The number of nitrogens with zero attached hydrogens (tertiary/aromatic N) is 2. The summed E-state index contributed by atoms with van der Waals surface area (Å²) in [4.78, 5) is 6.29. The first kappa shape index (κ1) is 23.4. The van der Waals surface area contributed by atoms with Crippen molar-refractivity contribution in [1.82, 2.24) is 15.5 Å². The van der Waals surface area contributed by atoms with E-state index >= 15 is 0 Å². The van der Waals surface area contributed by atoms with E-state index in [1.165, 1.54) is 5.56 Å². The van der Waals surface area contributed by atoms with Gasteiger partial charge >= 0.3 is 6.18 Å². The molecule has 1 atom stereocenters. The average molecular weight is 478 g/mol. The highest BCUT2D eigenvalue weighted by Gasteiger charge is 2.26. The molecule has 1 aromatic heterocycles. The van der Waals surface area contributed by atoms with Gasteiger partial charge in [-0.3, -0.25) is 9.89 Å². The Morgan fingerprint density at radius 2 is 1.96 bits per heavy atom. The fourth-order valence-corrected chi connectivity index (χ4v) is 3.03. The van der Waals surface area contributed by atoms with Crippen molar-refractivity contribution in [2.45, 2.75) is 32.5 Å². The van der Waals surface area contributed by atoms with Crippen LogP contribution in [0.3, 0.4) is 0 Å². The zero-order chi connectivity index (χ0) is 17.3. The summed E-state index contributed by atoms with van der Waals surface area (Å²) in [6, 6.07) is 2.24. The van der Waals surface area contributed by atoms with Gasteiger partial charge in [-0.2, -0.15) is 24.5 Å². The van der Waals surface area contributed by atoms with Gasteiger partial charge in [0.1, 0.15) is 0 Å². The summed E-state index contributed by atoms with van der Waals surface area (Å²) in [7, 11) is 1.56. The van der Waals surface area contributed by atoms with E-state index in [1.807, 2.05) is 5.38 Å². The van der Waals surface area contributed by atoms with Crippen LogP contribution in [0.15, 0.2) is 21.8 Å². The standard InChI is InChI=1S/C15H25F3N4S.HI/c1-4-22(5-2)13(12-6-9-23-11-12)10-21-14(19-3)20-8-7-15(16,17)18;/h6,9,11,13H,4-5,7-8,10H2,1-3H3,(H2,19,20,21);1H. The molecule has 9 heteroatoms. The molecule has 0 fully saturated rings. The minimum Gasteiger partial charge on any atom is -0.356 e. The van der Waals surface area contributed by atoms with Crippen molar-refractivity contribution >= 4 is 41.3 Å². The van der Waals surface area contributed by atoms with Gasteiger partial charge in [0.2, 0.25) is 0 Å². The summed E-state index contributed by atoms with van der Waals surface area (Å²) in [5.74, 6) is 0.390. The van der Waals surface area contributed by atoms with E-state index in [0.717, 1.165) is 13.1 Å². The molecule has 0 bridgehead atoms. The van der Waals surface area contributed by atoms with Gasteiger partial charge in [-0.1, -0.05) is 13.8 Å². The van der Waals surface area contributed by atoms with Crippen molar-refractivity contribution in [3.8, 4) is 0 Å². The van der Waals surface area contributed by atoms with E-state index in [4.69, 9.17) is 0 Å². The van der Waals surface area contributed by atoms with Crippen LogP contribution in [-0.4, -0.2) is 50.3 Å². The number of hydrogen-bond donors (Lipinski definition) is 2. The molecular weight excluding hydrogens is 452 g/mol. The molecule has 0 aliphatic heterocycles. The summed E-state index contributed by atoms with van der Waals surface area (Å²) in [6.07, 6.45) is -5.04. The lowest BCUT2D eigenvalue weighted by molar-refractivity contribution is -0.132. The Balaban J connectivity index is 0.00000529. The molecule has 0 spiro atoms. The van der Waals surface area contributed by atoms with Crippen molar-refractivity contribution in [3.05, 3.63) is 22.4 Å². The number of halogens is 4. The molecule has 0 saturated carbocycles. The number of aliphatic imine (C=N–C) groups is 1. The van der Waals surface area contributed by atoms with Gasteiger partial charge in [0, 0.05) is 20.1 Å². The fourth-order valence-electron chi connectivity index (χ4n) is 2.32. The second-order valence-corrected chi connectivity index (χ2v) is 5.82. The van der Waals surface area contributed by atoms with Gasteiger partial charge in [-0.25, -0.2) is 0 Å². The van der Waals surface area contributed by atoms with Gasteiger partial charge < -0.3 is 10.6 Å². The third-order valence-electron chi connectivity index (χ3n) is 3.57. The summed E-state index contributed by atoms with van der Waals surface area (Å²) >= 11 is 1.64. The zero-order valence-electron chi connectivity index (χ0n) is 14.2. The van der Waals surface area contributed by atoms with Crippen LogP contribution in [0.2, 0.25) is 0 Å². The van der Waals surface area contributed by atoms with Crippen LogP contribution in [0.5, 0.6) is 0 Å². The second-order valence-electron chi connectivity index (χ2n) is 5.04. The first-order valence-corrected chi connectivity index (χ1v) is 8.63. The maximum atomic E-state index is 12.2. The average Bonchev–Trinajstić information content (AvgIpc) is 3.02. The van der Waals surface area contributed by atoms with Crippen LogP contribution in [0, 0.1) is 0 Å². The summed E-state index contributed by atoms with van der Waals surface area (Å²) < 4.78 is 36.6. The normalized spacial score (nSPS) is 13.5. The molecule has 0 aromatic carbocycles. The predicted molar refractivity (Wildman–Crippen MR) is 105 cm³/mol. The summed E-state index contributed by atoms with van der Waals surface area (Å²) in [5.41, 5.74) is 1.21. The third kappa shape index (κ3) is 8.52. The quantitative estimate of drug-likeness (QED) is 0.339. The van der Waals surface area contributed by atoms with Crippen LogP contribution < -0.4 is 10.6 Å². The zero-order valence-corrected chi connectivity index (χ0v) is 17.3. The first-order valence-electron chi connectivity index (χ1n) is 7.68. The molecule has 1 heterocycles. The van der Waals surface area contributed by atoms with E-state index in [0.29, 0.717) is 12.5 Å². The number of nitrogens with one attached hydrogen (secondary N) is 2. The molecule has 0 radical (unpaired) electrons. The van der Waals surface area contributed by atoms with Gasteiger partial charge in [0.15, 0.2) is 5.96 Å². The molecule has 0 saturated heterocycles. The summed E-state index contributed by atoms with van der Waals surface area (Å²) in [6.45, 7) is 6.40. The highest BCUT2D eigenvalue weighted by atomic mass is 127. The lowest BCUT2D eigenvalue weighted by Gasteiger charge is -2.30. The molecule has 0 aliphatic carbocycles. The minimum absolute atomic E-state index is 0. The number of thiophene rings is 1. The van der Waals surface area contributed by atoms with Gasteiger partial charge in [0.05, 0.1) is 12.5 Å². The number of alkyl halides is 3. The lowest BCUT2D eigenvalue weighted by atomic mass is 10.1. The van der Waals surface area contributed by atoms with Gasteiger partial charge in [0.25, 0.3) is 0 Å². The Bertz CT molecular complexity index is 462. The maximum Gasteiger partial charge on any atom is 0.390 e. The first-order chi connectivity index (χ1) is 10.9. The topological polar surface area (TPSA) is 39.7 Å². The number of guanidine groups is 1. The van der Waals surface area contributed by atoms with Crippen LogP contribution in [0.1, 0.15) is 31.9 Å². The van der Waals surface area contributed by atoms with Crippen molar-refractivity contribution < 1.29 is 13.2 Å². The molecule has 4 nitrogen and oxygen atoms in total. The maximum absolute atomic E-state index is 12.2. The molecule has 2 N–H and O–H groups in total. The van der Waals surface area contributed by atoms with Crippen molar-refractivity contribution in [1.29, 1.82) is 0 Å². The van der Waals surface area contributed by atoms with E-state index in [2.05, 4.69) is 45.8 Å². The number of rotatable bonds is 8. The molecule has 0 aliphatic rings. The molecule has 1 rings (SSSR count). The number of likely N-dealkylation sites (N-methyl/N-ethyl adjacent to an activating group) is 1. The largest absolute Gasteiger partial charge is 0.390 e. The molecule has 1 unspecified atom stereocenters. The molecule has 1 aromatic rings. The van der Waals surface area contributed by atoms with Gasteiger partial charge in [-0.05, 0) is 35.5 Å².